The average molecular weight is 270 g/mol. The van der Waals surface area contributed by atoms with E-state index < -0.39 is 11.8 Å². The van der Waals surface area contributed by atoms with Gasteiger partial charge in [-0.3, -0.25) is 0 Å². The molecule has 7 heteroatoms. The molecule has 0 spiro atoms. The lowest BCUT2D eigenvalue weighted by atomic mass is 10.2. The number of carbonyl (C=O) groups excluding carboxylic acids is 1. The summed E-state index contributed by atoms with van der Waals surface area (Å²) in [6.07, 6.45) is 1.38. The second kappa shape index (κ2) is 5.14. The molecule has 0 saturated heterocycles. The lowest BCUT2D eigenvalue weighted by Crippen LogP contribution is -2.03. The molecule has 0 N–H and O–H groups in total. The van der Waals surface area contributed by atoms with Gasteiger partial charge in [0.25, 0.3) is 0 Å². The Hall–Kier alpha value is -1.95. The van der Waals surface area contributed by atoms with E-state index in [1.807, 2.05) is 0 Å². The van der Waals surface area contributed by atoms with Gasteiger partial charge in [0, 0.05) is 10.6 Å². The highest BCUT2D eigenvalue weighted by molar-refractivity contribution is 6.30. The monoisotopic (exact) mass is 269 g/mol. The summed E-state index contributed by atoms with van der Waals surface area (Å²) in [5.41, 5.74) is 0.434. The lowest BCUT2D eigenvalue weighted by Gasteiger charge is -2.03. The van der Waals surface area contributed by atoms with E-state index in [1.165, 1.54) is 36.2 Å². The summed E-state index contributed by atoms with van der Waals surface area (Å²) in [5, 5.41) is 7.76. The van der Waals surface area contributed by atoms with Gasteiger partial charge >= 0.3 is 5.97 Å². The molecule has 0 amide bonds. The number of hydrogen-bond donors (Lipinski definition) is 0. The molecule has 0 saturated carbocycles. The Bertz CT molecular complexity index is 585. The number of aromatic nitrogens is 3. The highest BCUT2D eigenvalue weighted by atomic mass is 35.5. The molecular weight excluding hydrogens is 261 g/mol. The van der Waals surface area contributed by atoms with Gasteiger partial charge < -0.3 is 4.74 Å². The van der Waals surface area contributed by atoms with Crippen molar-refractivity contribution in [1.82, 2.24) is 15.0 Å². The Morgan fingerprint density at radius 1 is 1.56 bits per heavy atom. The Balaban J connectivity index is 2.21. The van der Waals surface area contributed by atoms with E-state index >= 15 is 0 Å². The summed E-state index contributed by atoms with van der Waals surface area (Å²) < 4.78 is 19.3. The standard InChI is InChI=1S/C11H9ClFN3O2/c1-18-11(17)10-6-16(15-14-10)5-7-4-8(12)2-3-9(7)13/h2-4,6H,5H2,1H3. The average Bonchev–Trinajstić information content (AvgIpc) is 2.81. The number of esters is 1. The minimum absolute atomic E-state index is 0.0694. The van der Waals surface area contributed by atoms with Crippen molar-refractivity contribution in [2.75, 3.05) is 7.11 Å². The fraction of sp³-hybridized carbons (Fsp3) is 0.182. The first-order valence-corrected chi connectivity index (χ1v) is 5.40. The first kappa shape index (κ1) is 12.5. The van der Waals surface area contributed by atoms with Crippen molar-refractivity contribution < 1.29 is 13.9 Å². The van der Waals surface area contributed by atoms with Crippen LogP contribution in [0.3, 0.4) is 0 Å². The predicted molar refractivity (Wildman–Crippen MR) is 61.9 cm³/mol. The molecule has 94 valence electrons. The Morgan fingerprint density at radius 2 is 2.33 bits per heavy atom. The minimum atomic E-state index is -0.590. The fourth-order valence-corrected chi connectivity index (χ4v) is 1.61. The van der Waals surface area contributed by atoms with Crippen LogP contribution in [0.2, 0.25) is 5.02 Å². The number of halogens is 2. The van der Waals surface area contributed by atoms with Crippen molar-refractivity contribution in [3.8, 4) is 0 Å². The molecule has 0 aliphatic carbocycles. The Morgan fingerprint density at radius 3 is 3.06 bits per heavy atom. The van der Waals surface area contributed by atoms with Crippen molar-refractivity contribution in [2.45, 2.75) is 6.54 Å². The molecule has 0 aliphatic rings. The second-order valence-electron chi connectivity index (χ2n) is 3.53. The molecule has 1 aromatic heterocycles. The van der Waals surface area contributed by atoms with E-state index in [9.17, 15) is 9.18 Å². The molecule has 2 aromatic rings. The van der Waals surface area contributed by atoms with Gasteiger partial charge in [-0.15, -0.1) is 5.10 Å². The van der Waals surface area contributed by atoms with Gasteiger partial charge in [0.1, 0.15) is 5.82 Å². The van der Waals surface area contributed by atoms with Crippen molar-refractivity contribution >= 4 is 17.6 Å². The highest BCUT2D eigenvalue weighted by Gasteiger charge is 2.11. The van der Waals surface area contributed by atoms with Crippen LogP contribution in [0.1, 0.15) is 16.1 Å². The quantitative estimate of drug-likeness (QED) is 0.799. The van der Waals surface area contributed by atoms with Gasteiger partial charge in [-0.25, -0.2) is 13.9 Å². The normalized spacial score (nSPS) is 10.4. The number of benzene rings is 1. The zero-order chi connectivity index (χ0) is 13.1. The molecule has 0 fully saturated rings. The summed E-state index contributed by atoms with van der Waals surface area (Å²) in [5.74, 6) is -0.984. The third-order valence-corrected chi connectivity index (χ3v) is 2.51. The van der Waals surface area contributed by atoms with Crippen molar-refractivity contribution in [3.63, 3.8) is 0 Å². The first-order valence-electron chi connectivity index (χ1n) is 5.02. The zero-order valence-electron chi connectivity index (χ0n) is 9.43. The highest BCUT2D eigenvalue weighted by Crippen LogP contribution is 2.15. The van der Waals surface area contributed by atoms with Crippen LogP contribution in [-0.2, 0) is 11.3 Å². The summed E-state index contributed by atoms with van der Waals surface area (Å²) in [6, 6.07) is 4.23. The molecule has 0 bridgehead atoms. The van der Waals surface area contributed by atoms with Crippen LogP contribution in [0.25, 0.3) is 0 Å². The van der Waals surface area contributed by atoms with Gasteiger partial charge in [-0.05, 0) is 18.2 Å². The minimum Gasteiger partial charge on any atom is -0.464 e. The fourth-order valence-electron chi connectivity index (χ4n) is 1.41. The molecule has 0 unspecified atom stereocenters. The van der Waals surface area contributed by atoms with Gasteiger partial charge in [0.05, 0.1) is 19.9 Å². The molecule has 1 heterocycles. The van der Waals surface area contributed by atoms with E-state index in [4.69, 9.17) is 11.6 Å². The summed E-state index contributed by atoms with van der Waals surface area (Å²) in [6.45, 7) is 0.135. The van der Waals surface area contributed by atoms with Crippen LogP contribution in [0.15, 0.2) is 24.4 Å². The Kier molecular flexibility index (Phi) is 3.57. The van der Waals surface area contributed by atoms with Crippen molar-refractivity contribution in [3.05, 3.63) is 46.5 Å². The molecule has 0 atom stereocenters. The van der Waals surface area contributed by atoms with Crippen LogP contribution >= 0.6 is 11.6 Å². The third kappa shape index (κ3) is 2.65. The molecule has 1 aromatic carbocycles. The van der Waals surface area contributed by atoms with E-state index in [0.29, 0.717) is 10.6 Å². The van der Waals surface area contributed by atoms with Crippen LogP contribution in [0.5, 0.6) is 0 Å². The van der Waals surface area contributed by atoms with E-state index in [0.717, 1.165) is 0 Å². The van der Waals surface area contributed by atoms with Crippen LogP contribution < -0.4 is 0 Å². The summed E-state index contributed by atoms with van der Waals surface area (Å²) in [7, 11) is 1.25. The second-order valence-corrected chi connectivity index (χ2v) is 3.97. The predicted octanol–water partition coefficient (Wildman–Crippen LogP) is 1.91. The third-order valence-electron chi connectivity index (χ3n) is 2.27. The molecule has 5 nitrogen and oxygen atoms in total. The van der Waals surface area contributed by atoms with Crippen LogP contribution in [-0.4, -0.2) is 28.1 Å². The molecular formula is C11H9ClFN3O2. The van der Waals surface area contributed by atoms with E-state index in [2.05, 4.69) is 15.0 Å². The van der Waals surface area contributed by atoms with Crippen LogP contribution in [0.4, 0.5) is 4.39 Å². The first-order chi connectivity index (χ1) is 8.60. The van der Waals surface area contributed by atoms with Gasteiger partial charge in [0.2, 0.25) is 0 Å². The lowest BCUT2D eigenvalue weighted by molar-refractivity contribution is 0.0594. The number of nitrogens with zero attached hydrogens (tertiary/aromatic N) is 3. The maximum Gasteiger partial charge on any atom is 0.360 e. The molecule has 18 heavy (non-hydrogen) atoms. The van der Waals surface area contributed by atoms with Gasteiger partial charge in [-0.1, -0.05) is 16.8 Å². The number of hydrogen-bond acceptors (Lipinski definition) is 4. The summed E-state index contributed by atoms with van der Waals surface area (Å²) >= 11 is 5.78. The molecule has 2 rings (SSSR count). The maximum absolute atomic E-state index is 13.5. The largest absolute Gasteiger partial charge is 0.464 e. The topological polar surface area (TPSA) is 57.0 Å². The van der Waals surface area contributed by atoms with E-state index in [-0.39, 0.29) is 12.2 Å². The van der Waals surface area contributed by atoms with Gasteiger partial charge in [0.15, 0.2) is 5.69 Å². The smallest absolute Gasteiger partial charge is 0.360 e. The number of carbonyl (C=O) groups is 1. The molecule has 0 aliphatic heterocycles. The molecule has 0 radical (unpaired) electrons. The number of ether oxygens (including phenoxy) is 1. The van der Waals surface area contributed by atoms with E-state index in [1.54, 1.807) is 0 Å². The van der Waals surface area contributed by atoms with Gasteiger partial charge in [-0.2, -0.15) is 0 Å². The van der Waals surface area contributed by atoms with Crippen LogP contribution in [0, 0.1) is 5.82 Å². The van der Waals surface area contributed by atoms with Crippen molar-refractivity contribution in [1.29, 1.82) is 0 Å². The SMILES string of the molecule is COC(=O)c1cn(Cc2cc(Cl)ccc2F)nn1. The number of rotatable bonds is 3. The number of methoxy groups -OCH3 is 1. The Labute approximate surface area is 107 Å². The zero-order valence-corrected chi connectivity index (χ0v) is 10.2. The summed E-state index contributed by atoms with van der Waals surface area (Å²) in [4.78, 5) is 11.2. The maximum atomic E-state index is 13.5. The van der Waals surface area contributed by atoms with Crippen molar-refractivity contribution in [2.24, 2.45) is 0 Å².